The molecule has 0 unspecified atom stereocenters. The summed E-state index contributed by atoms with van der Waals surface area (Å²) in [7, 11) is 0. The van der Waals surface area contributed by atoms with Crippen molar-refractivity contribution < 1.29 is 24.4 Å². The van der Waals surface area contributed by atoms with Crippen molar-refractivity contribution in [3.63, 3.8) is 0 Å². The number of thioether (sulfide) groups is 1. The van der Waals surface area contributed by atoms with E-state index in [1.165, 1.54) is 29.2 Å². The fourth-order valence-corrected chi connectivity index (χ4v) is 4.20. The van der Waals surface area contributed by atoms with Crippen LogP contribution in [0.1, 0.15) is 12.0 Å². The van der Waals surface area contributed by atoms with Gasteiger partial charge in [-0.15, -0.1) is 11.8 Å². The Morgan fingerprint density at radius 2 is 1.79 bits per heavy atom. The van der Waals surface area contributed by atoms with Crippen molar-refractivity contribution in [1.29, 1.82) is 0 Å². The molecule has 0 saturated carbocycles. The van der Waals surface area contributed by atoms with Crippen LogP contribution in [0, 0.1) is 10.1 Å². The van der Waals surface area contributed by atoms with Crippen LogP contribution in [0.25, 0.3) is 5.57 Å². The summed E-state index contributed by atoms with van der Waals surface area (Å²) < 4.78 is 5.32. The number of amides is 2. The number of aliphatic hydroxyl groups excluding tert-OH is 1. The summed E-state index contributed by atoms with van der Waals surface area (Å²) in [6.07, 6.45) is 0.656. The molecule has 2 heterocycles. The van der Waals surface area contributed by atoms with Crippen molar-refractivity contribution in [2.45, 2.75) is 6.42 Å². The summed E-state index contributed by atoms with van der Waals surface area (Å²) in [5.74, 6) is -0.484. The lowest BCUT2D eigenvalue weighted by atomic mass is 10.1. The predicted molar refractivity (Wildman–Crippen MR) is 108 cm³/mol. The van der Waals surface area contributed by atoms with Gasteiger partial charge < -0.3 is 9.84 Å². The molecule has 0 aliphatic carbocycles. The number of ether oxygens (including phenoxy) is 1. The largest absolute Gasteiger partial charge is 0.396 e. The van der Waals surface area contributed by atoms with E-state index < -0.39 is 10.8 Å². The first-order chi connectivity index (χ1) is 14.0. The van der Waals surface area contributed by atoms with Crippen molar-refractivity contribution in [2.24, 2.45) is 0 Å². The van der Waals surface area contributed by atoms with E-state index in [1.54, 1.807) is 0 Å². The summed E-state index contributed by atoms with van der Waals surface area (Å²) in [5.41, 5.74) is 0.623. The molecule has 1 saturated heterocycles. The Kier molecular flexibility index (Phi) is 7.37. The van der Waals surface area contributed by atoms with Gasteiger partial charge >= 0.3 is 0 Å². The fraction of sp³-hybridized carbons (Fsp3) is 0.474. The molecule has 2 aliphatic heterocycles. The number of non-ortho nitro benzene ring substituents is 1. The van der Waals surface area contributed by atoms with Crippen LogP contribution in [0.15, 0.2) is 29.2 Å². The predicted octanol–water partition coefficient (Wildman–Crippen LogP) is 1.12. The highest BCUT2D eigenvalue weighted by Crippen LogP contribution is 2.36. The Balaban J connectivity index is 1.74. The molecule has 0 bridgehead atoms. The van der Waals surface area contributed by atoms with Gasteiger partial charge in [-0.25, -0.2) is 0 Å². The van der Waals surface area contributed by atoms with Gasteiger partial charge in [-0.2, -0.15) is 0 Å². The molecular formula is C19H23N3O6S. The third kappa shape index (κ3) is 5.02. The highest BCUT2D eigenvalue weighted by atomic mass is 32.2. The van der Waals surface area contributed by atoms with Gasteiger partial charge in [0.15, 0.2) is 0 Å². The van der Waals surface area contributed by atoms with Gasteiger partial charge in [-0.05, 0) is 24.1 Å². The van der Waals surface area contributed by atoms with Crippen LogP contribution in [0.5, 0.6) is 0 Å². The first kappa shape index (κ1) is 21.4. The van der Waals surface area contributed by atoms with Crippen molar-refractivity contribution in [3.8, 4) is 0 Å². The first-order valence-corrected chi connectivity index (χ1v) is 10.4. The van der Waals surface area contributed by atoms with E-state index in [-0.39, 0.29) is 34.4 Å². The molecule has 29 heavy (non-hydrogen) atoms. The fourth-order valence-electron chi connectivity index (χ4n) is 3.32. The molecule has 1 aromatic carbocycles. The number of rotatable bonds is 9. The van der Waals surface area contributed by atoms with Crippen molar-refractivity contribution in [2.75, 3.05) is 51.8 Å². The van der Waals surface area contributed by atoms with Crippen LogP contribution >= 0.6 is 11.8 Å². The second kappa shape index (κ2) is 9.97. The maximum Gasteiger partial charge on any atom is 0.269 e. The van der Waals surface area contributed by atoms with E-state index >= 15 is 0 Å². The summed E-state index contributed by atoms with van der Waals surface area (Å²) in [4.78, 5) is 40.0. The maximum absolute atomic E-state index is 13.0. The number of nitrogens with zero attached hydrogens (tertiary/aromatic N) is 3. The number of nitro benzene ring substituents is 1. The second-order valence-electron chi connectivity index (χ2n) is 6.65. The molecule has 9 nitrogen and oxygen atoms in total. The van der Waals surface area contributed by atoms with E-state index in [0.717, 1.165) is 31.4 Å². The highest BCUT2D eigenvalue weighted by molar-refractivity contribution is 8.04. The van der Waals surface area contributed by atoms with Gasteiger partial charge in [0.25, 0.3) is 17.5 Å². The minimum atomic E-state index is -0.515. The third-order valence-corrected chi connectivity index (χ3v) is 5.84. The Morgan fingerprint density at radius 3 is 2.41 bits per heavy atom. The summed E-state index contributed by atoms with van der Waals surface area (Å²) in [6, 6.07) is 5.59. The van der Waals surface area contributed by atoms with E-state index in [0.29, 0.717) is 31.7 Å². The molecule has 0 atom stereocenters. The average molecular weight is 421 g/mol. The van der Waals surface area contributed by atoms with Crippen molar-refractivity contribution in [3.05, 3.63) is 44.8 Å². The first-order valence-electron chi connectivity index (χ1n) is 9.42. The van der Waals surface area contributed by atoms with Gasteiger partial charge in [-0.3, -0.25) is 29.5 Å². The number of nitro groups is 1. The number of imide groups is 1. The average Bonchev–Trinajstić information content (AvgIpc) is 2.97. The third-order valence-electron chi connectivity index (χ3n) is 4.79. The normalized spacial score (nSPS) is 18.0. The molecule has 0 spiro atoms. The molecular weight excluding hydrogens is 398 g/mol. The van der Waals surface area contributed by atoms with Crippen molar-refractivity contribution in [1.82, 2.24) is 9.80 Å². The summed E-state index contributed by atoms with van der Waals surface area (Å²) in [6.45, 7) is 4.00. The molecule has 0 radical (unpaired) electrons. The quantitative estimate of drug-likeness (QED) is 0.359. The van der Waals surface area contributed by atoms with Gasteiger partial charge in [0.05, 0.1) is 35.2 Å². The minimum absolute atomic E-state index is 0.0851. The zero-order chi connectivity index (χ0) is 20.8. The number of morpholine rings is 1. The Labute approximate surface area is 172 Å². The SMILES string of the molecule is O=C1C(SCCO)=C(c2ccc([N+](=O)[O-])cc2)C(=O)N1CCCN1CCOCC1. The van der Waals surface area contributed by atoms with E-state index in [4.69, 9.17) is 9.84 Å². The number of hydrogen-bond acceptors (Lipinski definition) is 8. The Hall–Kier alpha value is -2.27. The number of carbonyl (C=O) groups is 2. The molecule has 2 amide bonds. The van der Waals surface area contributed by atoms with Crippen LogP contribution < -0.4 is 0 Å². The lowest BCUT2D eigenvalue weighted by Gasteiger charge is -2.27. The number of hydrogen-bond donors (Lipinski definition) is 1. The second-order valence-corrected chi connectivity index (χ2v) is 7.75. The molecule has 156 valence electrons. The lowest BCUT2D eigenvalue weighted by molar-refractivity contribution is -0.384. The maximum atomic E-state index is 13.0. The molecule has 1 fully saturated rings. The van der Waals surface area contributed by atoms with Gasteiger partial charge in [-0.1, -0.05) is 0 Å². The van der Waals surface area contributed by atoms with E-state index in [1.807, 2.05) is 0 Å². The van der Waals surface area contributed by atoms with Crippen LogP contribution in [0.2, 0.25) is 0 Å². The zero-order valence-electron chi connectivity index (χ0n) is 15.9. The Morgan fingerprint density at radius 1 is 1.10 bits per heavy atom. The van der Waals surface area contributed by atoms with E-state index in [9.17, 15) is 19.7 Å². The molecule has 1 N–H and O–H groups in total. The highest BCUT2D eigenvalue weighted by Gasteiger charge is 2.38. The molecule has 0 aromatic heterocycles. The van der Waals surface area contributed by atoms with Crippen LogP contribution in [-0.4, -0.2) is 83.4 Å². The lowest BCUT2D eigenvalue weighted by Crippen LogP contribution is -2.39. The molecule has 1 aromatic rings. The van der Waals surface area contributed by atoms with Gasteiger partial charge in [0.2, 0.25) is 0 Å². The summed E-state index contributed by atoms with van der Waals surface area (Å²) >= 11 is 1.13. The van der Waals surface area contributed by atoms with Crippen LogP contribution in [0.4, 0.5) is 5.69 Å². The number of carbonyl (C=O) groups excluding carboxylic acids is 2. The topological polar surface area (TPSA) is 113 Å². The molecule has 10 heteroatoms. The standard InChI is InChI=1S/C19H23N3O6S/c23-10-13-29-17-16(14-2-4-15(5-3-14)22(26)27)18(24)21(19(17)25)7-1-6-20-8-11-28-12-9-20/h2-5,23H,1,6-13H2. The van der Waals surface area contributed by atoms with Crippen molar-refractivity contribution >= 4 is 34.8 Å². The minimum Gasteiger partial charge on any atom is -0.396 e. The summed E-state index contributed by atoms with van der Waals surface area (Å²) in [5, 5.41) is 20.0. The Bertz CT molecular complexity index is 805. The monoisotopic (exact) mass is 421 g/mol. The van der Waals surface area contributed by atoms with Crippen LogP contribution in [0.3, 0.4) is 0 Å². The smallest absolute Gasteiger partial charge is 0.269 e. The zero-order valence-corrected chi connectivity index (χ0v) is 16.7. The van der Waals surface area contributed by atoms with Gasteiger partial charge in [0, 0.05) is 44.1 Å². The van der Waals surface area contributed by atoms with E-state index in [2.05, 4.69) is 4.90 Å². The molecule has 3 rings (SSSR count). The van der Waals surface area contributed by atoms with Crippen LogP contribution in [-0.2, 0) is 14.3 Å². The number of aliphatic hydroxyl groups is 1. The van der Waals surface area contributed by atoms with Gasteiger partial charge in [0.1, 0.15) is 0 Å². The molecule has 2 aliphatic rings. The number of benzene rings is 1.